The quantitative estimate of drug-likeness (QED) is 0.643. The number of carbonyl (C=O) groups excluding carboxylic acids is 1. The summed E-state index contributed by atoms with van der Waals surface area (Å²) in [7, 11) is 1.42. The van der Waals surface area contributed by atoms with E-state index in [1.165, 1.54) is 7.11 Å². The van der Waals surface area contributed by atoms with Crippen LogP contribution in [0.25, 0.3) is 0 Å². The second kappa shape index (κ2) is 2.80. The topological polar surface area (TPSA) is 26.3 Å². The third kappa shape index (κ3) is 1.26. The first kappa shape index (κ1) is 10.5. The van der Waals surface area contributed by atoms with Gasteiger partial charge in [-0.1, -0.05) is 6.92 Å². The fourth-order valence-electron chi connectivity index (χ4n) is 5.24. The van der Waals surface area contributed by atoms with Crippen molar-refractivity contribution in [1.29, 1.82) is 0 Å². The molecule has 0 radical (unpaired) electrons. The predicted molar refractivity (Wildman–Crippen MR) is 57.6 cm³/mol. The number of ether oxygens (including phenoxy) is 1. The van der Waals surface area contributed by atoms with Crippen LogP contribution in [0.5, 0.6) is 0 Å². The van der Waals surface area contributed by atoms with Crippen molar-refractivity contribution in [2.24, 2.45) is 16.7 Å². The number of rotatable bonds is 1. The first-order chi connectivity index (χ1) is 7.39. The minimum absolute atomic E-state index is 0.0301. The number of esters is 1. The Morgan fingerprint density at radius 3 is 2.56 bits per heavy atom. The Morgan fingerprint density at radius 2 is 2.00 bits per heavy atom. The molecule has 90 valence electrons. The van der Waals surface area contributed by atoms with Gasteiger partial charge < -0.3 is 4.74 Å². The lowest BCUT2D eigenvalue weighted by Crippen LogP contribution is -2.60. The monoisotopic (exact) mass is 226 g/mol. The van der Waals surface area contributed by atoms with Crippen molar-refractivity contribution in [2.45, 2.75) is 51.1 Å². The molecule has 3 heteroatoms. The lowest BCUT2D eigenvalue weighted by atomic mass is 9.43. The van der Waals surface area contributed by atoms with Crippen molar-refractivity contribution in [3.05, 3.63) is 0 Å². The van der Waals surface area contributed by atoms with E-state index < -0.39 is 11.1 Å². The molecule has 4 aliphatic carbocycles. The first-order valence-corrected chi connectivity index (χ1v) is 6.16. The van der Waals surface area contributed by atoms with Crippen molar-refractivity contribution in [3.63, 3.8) is 0 Å². The third-order valence-electron chi connectivity index (χ3n) is 4.90. The molecule has 2 nitrogen and oxygen atoms in total. The summed E-state index contributed by atoms with van der Waals surface area (Å²) >= 11 is 0. The normalized spacial score (nSPS) is 54.1. The summed E-state index contributed by atoms with van der Waals surface area (Å²) < 4.78 is 19.6. The molecule has 0 spiro atoms. The highest BCUT2D eigenvalue weighted by atomic mass is 19.1. The largest absolute Gasteiger partial charge is 0.469 e. The molecule has 4 aliphatic rings. The second-order valence-electron chi connectivity index (χ2n) is 6.74. The van der Waals surface area contributed by atoms with E-state index in [9.17, 15) is 9.18 Å². The zero-order valence-electron chi connectivity index (χ0n) is 10.0. The summed E-state index contributed by atoms with van der Waals surface area (Å²) in [5, 5.41) is 0. The van der Waals surface area contributed by atoms with Crippen molar-refractivity contribution >= 4 is 5.97 Å². The number of hydrogen-bond acceptors (Lipinski definition) is 2. The summed E-state index contributed by atoms with van der Waals surface area (Å²) in [5.41, 5.74) is -1.57. The van der Waals surface area contributed by atoms with Gasteiger partial charge in [0.2, 0.25) is 0 Å². The maximum absolute atomic E-state index is 14.7. The Balaban J connectivity index is 2.01. The molecule has 4 unspecified atom stereocenters. The maximum atomic E-state index is 14.7. The zero-order valence-corrected chi connectivity index (χ0v) is 10.0. The van der Waals surface area contributed by atoms with Gasteiger partial charge in [0, 0.05) is 0 Å². The van der Waals surface area contributed by atoms with Gasteiger partial charge in [-0.3, -0.25) is 4.79 Å². The molecule has 0 aromatic rings. The fraction of sp³-hybridized carbons (Fsp3) is 0.923. The van der Waals surface area contributed by atoms with E-state index in [-0.39, 0.29) is 11.4 Å². The fourth-order valence-corrected chi connectivity index (χ4v) is 5.24. The van der Waals surface area contributed by atoms with Crippen LogP contribution in [0.2, 0.25) is 0 Å². The zero-order chi connectivity index (χ0) is 11.6. The molecule has 0 heterocycles. The highest BCUT2D eigenvalue weighted by molar-refractivity contribution is 5.77. The molecule has 0 aliphatic heterocycles. The van der Waals surface area contributed by atoms with Gasteiger partial charge in [0.05, 0.1) is 12.5 Å². The Morgan fingerprint density at radius 1 is 1.25 bits per heavy atom. The van der Waals surface area contributed by atoms with Crippen LogP contribution in [-0.4, -0.2) is 18.7 Å². The lowest BCUT2D eigenvalue weighted by Gasteiger charge is -2.61. The molecule has 0 saturated heterocycles. The molecule has 0 amide bonds. The SMILES string of the molecule is COC(=O)C12CC3CC(C)(CC(F)(C3)C1)C2. The van der Waals surface area contributed by atoms with Crippen molar-refractivity contribution in [1.82, 2.24) is 0 Å². The van der Waals surface area contributed by atoms with E-state index in [2.05, 4.69) is 6.92 Å². The van der Waals surface area contributed by atoms with Gasteiger partial charge in [0.1, 0.15) is 5.67 Å². The summed E-state index contributed by atoms with van der Waals surface area (Å²) in [4.78, 5) is 12.0. The third-order valence-corrected chi connectivity index (χ3v) is 4.90. The van der Waals surface area contributed by atoms with E-state index in [0.29, 0.717) is 25.2 Å². The first-order valence-electron chi connectivity index (χ1n) is 6.16. The molecule has 0 aromatic heterocycles. The number of hydrogen-bond donors (Lipinski definition) is 0. The predicted octanol–water partition coefficient (Wildman–Crippen LogP) is 2.86. The maximum Gasteiger partial charge on any atom is 0.311 e. The minimum atomic E-state index is -1.09. The summed E-state index contributed by atoms with van der Waals surface area (Å²) in [6.45, 7) is 2.14. The van der Waals surface area contributed by atoms with Gasteiger partial charge in [-0.05, 0) is 49.9 Å². The smallest absolute Gasteiger partial charge is 0.311 e. The Labute approximate surface area is 95.5 Å². The van der Waals surface area contributed by atoms with Crippen molar-refractivity contribution in [3.8, 4) is 0 Å². The molecule has 4 rings (SSSR count). The van der Waals surface area contributed by atoms with E-state index in [1.54, 1.807) is 0 Å². The van der Waals surface area contributed by atoms with Gasteiger partial charge in [-0.25, -0.2) is 4.39 Å². The van der Waals surface area contributed by atoms with Gasteiger partial charge in [-0.2, -0.15) is 0 Å². The van der Waals surface area contributed by atoms with Crippen LogP contribution in [0.3, 0.4) is 0 Å². The molecular weight excluding hydrogens is 207 g/mol. The number of halogens is 1. The van der Waals surface area contributed by atoms with Crippen LogP contribution in [0.4, 0.5) is 4.39 Å². The van der Waals surface area contributed by atoms with Gasteiger partial charge in [-0.15, -0.1) is 0 Å². The van der Waals surface area contributed by atoms with Crippen LogP contribution in [0.1, 0.15) is 45.4 Å². The summed E-state index contributed by atoms with van der Waals surface area (Å²) in [6.07, 6.45) is 4.49. The van der Waals surface area contributed by atoms with Crippen LogP contribution >= 0.6 is 0 Å². The Bertz CT molecular complexity index is 334. The standard InChI is InChI=1S/C13H19FO2/c1-11-3-9-4-12(6-11,10(15)16-2)8-13(14,5-9)7-11/h9H,3-8H2,1-2H3. The van der Waals surface area contributed by atoms with E-state index in [0.717, 1.165) is 19.3 Å². The molecule has 4 atom stereocenters. The second-order valence-corrected chi connectivity index (χ2v) is 6.74. The molecule has 0 N–H and O–H groups in total. The highest BCUT2D eigenvalue weighted by Crippen LogP contribution is 2.67. The number of alkyl halides is 1. The minimum Gasteiger partial charge on any atom is -0.469 e. The van der Waals surface area contributed by atoms with Crippen molar-refractivity contribution < 1.29 is 13.9 Å². The van der Waals surface area contributed by atoms with E-state index in [1.807, 2.05) is 0 Å². The summed E-state index contributed by atoms with van der Waals surface area (Å²) in [5.74, 6) is 0.218. The number of methoxy groups -OCH3 is 1. The molecule has 4 saturated carbocycles. The average Bonchev–Trinajstić information content (AvgIpc) is 2.10. The van der Waals surface area contributed by atoms with Gasteiger partial charge >= 0.3 is 5.97 Å². The van der Waals surface area contributed by atoms with Crippen molar-refractivity contribution in [2.75, 3.05) is 7.11 Å². The van der Waals surface area contributed by atoms with E-state index in [4.69, 9.17) is 4.74 Å². The van der Waals surface area contributed by atoms with E-state index >= 15 is 0 Å². The Hall–Kier alpha value is -0.600. The molecule has 4 bridgehead atoms. The molecule has 0 aromatic carbocycles. The van der Waals surface area contributed by atoms with Crippen LogP contribution in [0.15, 0.2) is 0 Å². The molecule has 16 heavy (non-hydrogen) atoms. The van der Waals surface area contributed by atoms with Crippen LogP contribution < -0.4 is 0 Å². The average molecular weight is 226 g/mol. The van der Waals surface area contributed by atoms with Crippen LogP contribution in [0, 0.1) is 16.7 Å². The number of carbonyl (C=O) groups is 1. The van der Waals surface area contributed by atoms with Crippen LogP contribution in [-0.2, 0) is 9.53 Å². The van der Waals surface area contributed by atoms with Gasteiger partial charge in [0.25, 0.3) is 0 Å². The highest BCUT2D eigenvalue weighted by Gasteiger charge is 2.65. The molecule has 4 fully saturated rings. The van der Waals surface area contributed by atoms with Gasteiger partial charge in [0.15, 0.2) is 0 Å². The lowest BCUT2D eigenvalue weighted by molar-refractivity contribution is -0.194. The molecular formula is C13H19FO2. The Kier molecular flexibility index (Phi) is 1.84. The summed E-state index contributed by atoms with van der Waals surface area (Å²) in [6, 6.07) is 0.